The second-order valence-electron chi connectivity index (χ2n) is 6.05. The molecule has 0 radical (unpaired) electrons. The van der Waals surface area contributed by atoms with Gasteiger partial charge in [-0.15, -0.1) is 0 Å². The van der Waals surface area contributed by atoms with Gasteiger partial charge in [0.25, 0.3) is 5.91 Å². The Balaban J connectivity index is 2.03. The van der Waals surface area contributed by atoms with Crippen LogP contribution in [0.2, 0.25) is 0 Å². The van der Waals surface area contributed by atoms with Gasteiger partial charge in [-0.3, -0.25) is 9.59 Å². The van der Waals surface area contributed by atoms with E-state index in [2.05, 4.69) is 5.32 Å². The van der Waals surface area contributed by atoms with Crippen molar-refractivity contribution < 1.29 is 19.1 Å². The van der Waals surface area contributed by atoms with Crippen LogP contribution in [0.25, 0.3) is 0 Å². The lowest BCUT2D eigenvalue weighted by Crippen LogP contribution is -2.30. The minimum absolute atomic E-state index is 0.0922. The Bertz CT molecular complexity index is 806. The van der Waals surface area contributed by atoms with Crippen LogP contribution in [0.15, 0.2) is 42.5 Å². The molecule has 1 amide bonds. The van der Waals surface area contributed by atoms with E-state index < -0.39 is 18.0 Å². The topological polar surface area (TPSA) is 72.5 Å². The zero-order valence-corrected chi connectivity index (χ0v) is 14.8. The molecule has 0 fully saturated rings. The molecule has 1 atom stereocenters. The Kier molecular flexibility index (Phi) is 5.70. The summed E-state index contributed by atoms with van der Waals surface area (Å²) < 4.78 is 5.24. The van der Waals surface area contributed by atoms with Gasteiger partial charge in [0.2, 0.25) is 0 Å². The van der Waals surface area contributed by atoms with Crippen molar-refractivity contribution in [3.63, 3.8) is 0 Å². The highest BCUT2D eigenvalue weighted by Crippen LogP contribution is 2.14. The highest BCUT2D eigenvalue weighted by atomic mass is 16.5. The van der Waals surface area contributed by atoms with Crippen LogP contribution in [-0.2, 0) is 9.53 Å². The van der Waals surface area contributed by atoms with Crippen LogP contribution in [-0.4, -0.2) is 23.8 Å². The first-order valence-corrected chi connectivity index (χ1v) is 7.97. The number of amides is 1. The summed E-state index contributed by atoms with van der Waals surface area (Å²) in [6, 6.07) is 12.0. The molecule has 0 bridgehead atoms. The predicted molar refractivity (Wildman–Crippen MR) is 95.9 cm³/mol. The number of Topliss-reactive ketones (excluding diaryl/α,β-unsaturated/α-hetero) is 1. The molecule has 0 aliphatic carbocycles. The Hall–Kier alpha value is -2.95. The van der Waals surface area contributed by atoms with E-state index in [4.69, 9.17) is 4.74 Å². The van der Waals surface area contributed by atoms with Crippen LogP contribution in [0, 0.1) is 13.8 Å². The van der Waals surface area contributed by atoms with Crippen LogP contribution in [0.4, 0.5) is 5.69 Å². The number of carbonyl (C=O) groups excluding carboxylic acids is 3. The van der Waals surface area contributed by atoms with Crippen molar-refractivity contribution in [3.05, 3.63) is 64.7 Å². The largest absolute Gasteiger partial charge is 0.449 e. The highest BCUT2D eigenvalue weighted by molar-refractivity contribution is 5.99. The van der Waals surface area contributed by atoms with Gasteiger partial charge >= 0.3 is 5.97 Å². The Morgan fingerprint density at radius 3 is 2.20 bits per heavy atom. The number of nitrogens with one attached hydrogen (secondary N) is 1. The Labute approximate surface area is 147 Å². The third-order valence-corrected chi connectivity index (χ3v) is 3.65. The fraction of sp³-hybridized carbons (Fsp3) is 0.250. The van der Waals surface area contributed by atoms with Crippen molar-refractivity contribution in [1.82, 2.24) is 0 Å². The number of hydrogen-bond donors (Lipinski definition) is 1. The molecular formula is C20H21NO4. The average Bonchev–Trinajstić information content (AvgIpc) is 2.54. The smallest absolute Gasteiger partial charge is 0.338 e. The second-order valence-corrected chi connectivity index (χ2v) is 6.05. The number of hydrogen-bond acceptors (Lipinski definition) is 4. The van der Waals surface area contributed by atoms with Crippen LogP contribution < -0.4 is 5.32 Å². The summed E-state index contributed by atoms with van der Waals surface area (Å²) in [4.78, 5) is 35.8. The lowest BCUT2D eigenvalue weighted by atomic mass is 10.1. The molecule has 0 spiro atoms. The third kappa shape index (κ3) is 5.01. The van der Waals surface area contributed by atoms with E-state index in [9.17, 15) is 14.4 Å². The Morgan fingerprint density at radius 2 is 1.60 bits per heavy atom. The SMILES string of the molecule is CC(=O)c1cccc(NC(=O)[C@H](C)OC(=O)c2cc(C)cc(C)c2)c1. The van der Waals surface area contributed by atoms with E-state index in [0.717, 1.165) is 11.1 Å². The number of rotatable bonds is 5. The van der Waals surface area contributed by atoms with Gasteiger partial charge in [-0.2, -0.15) is 0 Å². The van der Waals surface area contributed by atoms with Crippen molar-refractivity contribution in [1.29, 1.82) is 0 Å². The summed E-state index contributed by atoms with van der Waals surface area (Å²) in [5.74, 6) is -1.10. The molecule has 0 saturated heterocycles. The molecule has 0 heterocycles. The number of esters is 1. The van der Waals surface area contributed by atoms with Crippen molar-refractivity contribution >= 4 is 23.3 Å². The minimum atomic E-state index is -0.964. The summed E-state index contributed by atoms with van der Waals surface area (Å²) in [6.45, 7) is 6.74. The van der Waals surface area contributed by atoms with Gasteiger partial charge in [0.1, 0.15) is 0 Å². The van der Waals surface area contributed by atoms with Crippen LogP contribution in [0.1, 0.15) is 45.7 Å². The maximum Gasteiger partial charge on any atom is 0.338 e. The molecule has 0 unspecified atom stereocenters. The first-order valence-electron chi connectivity index (χ1n) is 7.97. The first-order chi connectivity index (χ1) is 11.8. The zero-order valence-electron chi connectivity index (χ0n) is 14.8. The van der Waals surface area contributed by atoms with Crippen molar-refractivity contribution in [2.24, 2.45) is 0 Å². The molecule has 0 aromatic heterocycles. The molecule has 25 heavy (non-hydrogen) atoms. The van der Waals surface area contributed by atoms with E-state index in [-0.39, 0.29) is 5.78 Å². The second kappa shape index (κ2) is 7.75. The standard InChI is InChI=1S/C20H21NO4/c1-12-8-13(2)10-17(9-12)20(24)25-15(4)19(23)21-18-7-5-6-16(11-18)14(3)22/h5-11,15H,1-4H3,(H,21,23)/t15-/m0/s1. The first kappa shape index (κ1) is 18.4. The van der Waals surface area contributed by atoms with Gasteiger partial charge < -0.3 is 10.1 Å². The van der Waals surface area contributed by atoms with E-state index >= 15 is 0 Å². The summed E-state index contributed by atoms with van der Waals surface area (Å²) in [7, 11) is 0. The molecule has 1 N–H and O–H groups in total. The lowest BCUT2D eigenvalue weighted by Gasteiger charge is -2.14. The van der Waals surface area contributed by atoms with E-state index in [0.29, 0.717) is 16.8 Å². The van der Waals surface area contributed by atoms with Crippen LogP contribution >= 0.6 is 0 Å². The van der Waals surface area contributed by atoms with Crippen molar-refractivity contribution in [2.45, 2.75) is 33.8 Å². The maximum atomic E-state index is 12.2. The van der Waals surface area contributed by atoms with Gasteiger partial charge in [0.15, 0.2) is 11.9 Å². The highest BCUT2D eigenvalue weighted by Gasteiger charge is 2.19. The minimum Gasteiger partial charge on any atom is -0.449 e. The fourth-order valence-electron chi connectivity index (χ4n) is 2.43. The quantitative estimate of drug-likeness (QED) is 0.666. The number of carbonyl (C=O) groups is 3. The molecule has 2 aromatic rings. The molecule has 0 saturated carbocycles. The van der Waals surface area contributed by atoms with E-state index in [1.54, 1.807) is 36.4 Å². The van der Waals surface area contributed by atoms with Gasteiger partial charge in [0, 0.05) is 11.3 Å². The van der Waals surface area contributed by atoms with Gasteiger partial charge in [-0.25, -0.2) is 4.79 Å². The number of ketones is 1. The summed E-state index contributed by atoms with van der Waals surface area (Å²) >= 11 is 0. The Morgan fingerprint density at radius 1 is 0.960 bits per heavy atom. The van der Waals surface area contributed by atoms with Gasteiger partial charge in [-0.1, -0.05) is 29.3 Å². The molecule has 130 valence electrons. The predicted octanol–water partition coefficient (Wildman–Crippen LogP) is 3.69. The van der Waals surface area contributed by atoms with E-state index in [1.165, 1.54) is 13.8 Å². The monoisotopic (exact) mass is 339 g/mol. The van der Waals surface area contributed by atoms with E-state index in [1.807, 2.05) is 19.9 Å². The normalized spacial score (nSPS) is 11.5. The van der Waals surface area contributed by atoms with Crippen molar-refractivity contribution in [3.8, 4) is 0 Å². The zero-order chi connectivity index (χ0) is 18.6. The number of aryl methyl sites for hydroxylation is 2. The molecular weight excluding hydrogens is 318 g/mol. The number of ether oxygens (including phenoxy) is 1. The molecule has 2 rings (SSSR count). The molecule has 0 aliphatic heterocycles. The maximum absolute atomic E-state index is 12.2. The summed E-state index contributed by atoms with van der Waals surface area (Å²) in [6.07, 6.45) is -0.964. The summed E-state index contributed by atoms with van der Waals surface area (Å²) in [5.41, 5.74) is 3.29. The van der Waals surface area contributed by atoms with Gasteiger partial charge in [0.05, 0.1) is 5.56 Å². The van der Waals surface area contributed by atoms with Crippen LogP contribution in [0.3, 0.4) is 0 Å². The van der Waals surface area contributed by atoms with Crippen molar-refractivity contribution in [2.75, 3.05) is 5.32 Å². The third-order valence-electron chi connectivity index (χ3n) is 3.65. The lowest BCUT2D eigenvalue weighted by molar-refractivity contribution is -0.123. The fourth-order valence-corrected chi connectivity index (χ4v) is 2.43. The molecule has 5 nitrogen and oxygen atoms in total. The molecule has 0 aliphatic rings. The number of anilines is 1. The van der Waals surface area contributed by atoms with Crippen LogP contribution in [0.5, 0.6) is 0 Å². The molecule has 5 heteroatoms. The molecule has 2 aromatic carbocycles. The van der Waals surface area contributed by atoms with Gasteiger partial charge in [-0.05, 0) is 52.0 Å². The summed E-state index contributed by atoms with van der Waals surface area (Å²) in [5, 5.41) is 2.65. The number of benzene rings is 2. The average molecular weight is 339 g/mol.